The van der Waals surface area contributed by atoms with Crippen LogP contribution >= 0.6 is 0 Å². The third kappa shape index (κ3) is 7.25. The van der Waals surface area contributed by atoms with Crippen LogP contribution in [0, 0.1) is 6.92 Å². The van der Waals surface area contributed by atoms with Gasteiger partial charge in [0.1, 0.15) is 0 Å². The van der Waals surface area contributed by atoms with Gasteiger partial charge in [0.25, 0.3) is 0 Å². The predicted molar refractivity (Wildman–Crippen MR) is 139 cm³/mol. The van der Waals surface area contributed by atoms with E-state index in [4.69, 9.17) is 9.47 Å². The highest BCUT2D eigenvalue weighted by molar-refractivity contribution is 6.39. The van der Waals surface area contributed by atoms with Crippen LogP contribution in [0.25, 0.3) is 0 Å². The van der Waals surface area contributed by atoms with E-state index in [1.165, 1.54) is 14.0 Å². The SMILES string of the molecule is COc1cc(C(C)=NNC(=O)C(=O)Nc2ccc(NC(C)=O)cc2)ccc1OC(=O)c1ccccc1C. The number of amides is 3. The molecule has 0 aliphatic rings. The lowest BCUT2D eigenvalue weighted by molar-refractivity contribution is -0.136. The number of nitrogens with one attached hydrogen (secondary N) is 3. The van der Waals surface area contributed by atoms with Crippen molar-refractivity contribution in [1.29, 1.82) is 0 Å². The van der Waals surface area contributed by atoms with Gasteiger partial charge in [0.05, 0.1) is 18.4 Å². The number of ether oxygens (including phenoxy) is 2. The van der Waals surface area contributed by atoms with Gasteiger partial charge in [-0.05, 0) is 67.9 Å². The van der Waals surface area contributed by atoms with E-state index in [9.17, 15) is 19.2 Å². The highest BCUT2D eigenvalue weighted by Gasteiger charge is 2.16. The van der Waals surface area contributed by atoms with Crippen LogP contribution in [0.2, 0.25) is 0 Å². The molecule has 0 unspecified atom stereocenters. The van der Waals surface area contributed by atoms with E-state index in [1.54, 1.807) is 61.5 Å². The predicted octanol–water partition coefficient (Wildman–Crippen LogP) is 3.66. The van der Waals surface area contributed by atoms with E-state index in [2.05, 4.69) is 21.2 Å². The summed E-state index contributed by atoms with van der Waals surface area (Å²) >= 11 is 0. The highest BCUT2D eigenvalue weighted by Crippen LogP contribution is 2.29. The van der Waals surface area contributed by atoms with Crippen molar-refractivity contribution in [3.63, 3.8) is 0 Å². The molecule has 37 heavy (non-hydrogen) atoms. The number of esters is 1. The zero-order valence-electron chi connectivity index (χ0n) is 20.7. The summed E-state index contributed by atoms with van der Waals surface area (Å²) in [5.74, 6) is -2.11. The highest BCUT2D eigenvalue weighted by atomic mass is 16.6. The number of carbonyl (C=O) groups is 4. The van der Waals surface area contributed by atoms with Crippen molar-refractivity contribution in [3.8, 4) is 11.5 Å². The lowest BCUT2D eigenvalue weighted by atomic mass is 10.1. The van der Waals surface area contributed by atoms with Gasteiger partial charge in [-0.15, -0.1) is 0 Å². The minimum atomic E-state index is -0.971. The van der Waals surface area contributed by atoms with E-state index in [1.807, 2.05) is 19.1 Å². The van der Waals surface area contributed by atoms with E-state index in [0.29, 0.717) is 34.0 Å². The summed E-state index contributed by atoms with van der Waals surface area (Å²) < 4.78 is 10.9. The van der Waals surface area contributed by atoms with Crippen molar-refractivity contribution in [2.45, 2.75) is 20.8 Å². The molecule has 3 rings (SSSR count). The normalized spacial score (nSPS) is 10.8. The monoisotopic (exact) mass is 502 g/mol. The molecule has 0 bridgehead atoms. The number of aryl methyl sites for hydroxylation is 1. The average Bonchev–Trinajstić information content (AvgIpc) is 2.88. The third-order valence-corrected chi connectivity index (χ3v) is 5.14. The number of nitrogens with zero attached hydrogens (tertiary/aromatic N) is 1. The van der Waals surface area contributed by atoms with Crippen molar-refractivity contribution in [1.82, 2.24) is 5.43 Å². The number of rotatable bonds is 7. The third-order valence-electron chi connectivity index (χ3n) is 5.14. The van der Waals surface area contributed by atoms with Crippen LogP contribution in [0.15, 0.2) is 71.8 Å². The molecule has 0 spiro atoms. The van der Waals surface area contributed by atoms with E-state index in [0.717, 1.165) is 5.56 Å². The van der Waals surface area contributed by atoms with E-state index >= 15 is 0 Å². The lowest BCUT2D eigenvalue weighted by Crippen LogP contribution is -2.32. The number of anilines is 2. The Labute approximate surface area is 213 Å². The average molecular weight is 503 g/mol. The largest absolute Gasteiger partial charge is 0.493 e. The molecule has 3 aromatic rings. The molecule has 0 fully saturated rings. The molecule has 0 aliphatic heterocycles. The maximum Gasteiger partial charge on any atom is 0.343 e. The fourth-order valence-corrected chi connectivity index (χ4v) is 3.21. The lowest BCUT2D eigenvalue weighted by Gasteiger charge is -2.12. The molecule has 0 radical (unpaired) electrons. The molecule has 10 nitrogen and oxygen atoms in total. The van der Waals surface area contributed by atoms with Gasteiger partial charge in [0.2, 0.25) is 5.91 Å². The molecule has 3 amide bonds. The van der Waals surface area contributed by atoms with Crippen molar-refractivity contribution >= 4 is 40.8 Å². The zero-order chi connectivity index (χ0) is 26.9. The second-order valence-corrected chi connectivity index (χ2v) is 7.92. The molecule has 10 heteroatoms. The fourth-order valence-electron chi connectivity index (χ4n) is 3.21. The Morgan fingerprint density at radius 1 is 0.784 bits per heavy atom. The zero-order valence-corrected chi connectivity index (χ0v) is 20.7. The summed E-state index contributed by atoms with van der Waals surface area (Å²) in [4.78, 5) is 48.0. The number of hydrazone groups is 1. The van der Waals surface area contributed by atoms with E-state index in [-0.39, 0.29) is 11.7 Å². The minimum absolute atomic E-state index is 0.222. The summed E-state index contributed by atoms with van der Waals surface area (Å²) in [6.45, 7) is 4.83. The number of hydrogen-bond donors (Lipinski definition) is 3. The van der Waals surface area contributed by atoms with Crippen molar-refractivity contribution in [3.05, 3.63) is 83.4 Å². The van der Waals surface area contributed by atoms with Gasteiger partial charge < -0.3 is 20.1 Å². The van der Waals surface area contributed by atoms with Crippen LogP contribution in [-0.2, 0) is 14.4 Å². The number of benzene rings is 3. The van der Waals surface area contributed by atoms with Crippen molar-refractivity contribution in [2.24, 2.45) is 5.10 Å². The quantitative estimate of drug-likeness (QED) is 0.148. The van der Waals surface area contributed by atoms with Gasteiger partial charge in [-0.25, -0.2) is 10.2 Å². The number of carbonyl (C=O) groups excluding carboxylic acids is 4. The second-order valence-electron chi connectivity index (χ2n) is 7.92. The number of hydrogen-bond acceptors (Lipinski definition) is 7. The second kappa shape index (κ2) is 12.1. The molecule has 190 valence electrons. The van der Waals surface area contributed by atoms with Crippen LogP contribution in [0.5, 0.6) is 11.5 Å². The van der Waals surface area contributed by atoms with Gasteiger partial charge in [-0.2, -0.15) is 5.10 Å². The first-order valence-corrected chi connectivity index (χ1v) is 11.2. The Hall–Kier alpha value is -4.99. The van der Waals surface area contributed by atoms with Crippen molar-refractivity contribution in [2.75, 3.05) is 17.7 Å². The Morgan fingerprint density at radius 3 is 2.05 bits per heavy atom. The molecule has 0 aliphatic carbocycles. The molecular formula is C27H26N4O6. The maximum atomic E-state index is 12.5. The standard InChI is InChI=1S/C27H26N4O6/c1-16-7-5-6-8-22(16)27(35)37-23-14-9-19(15-24(23)36-4)17(2)30-31-26(34)25(33)29-21-12-10-20(11-13-21)28-18(3)32/h5-15H,1-4H3,(H,28,32)(H,29,33)(H,31,34). The molecule has 3 aromatic carbocycles. The van der Waals surface area contributed by atoms with Crippen molar-refractivity contribution < 1.29 is 28.7 Å². The van der Waals surface area contributed by atoms with Gasteiger partial charge in [-0.3, -0.25) is 14.4 Å². The molecule has 0 heterocycles. The Morgan fingerprint density at radius 2 is 1.43 bits per heavy atom. The van der Waals surface area contributed by atoms with E-state index < -0.39 is 17.8 Å². The summed E-state index contributed by atoms with van der Waals surface area (Å²) in [5.41, 5.74) is 5.31. The summed E-state index contributed by atoms with van der Waals surface area (Å²) in [6, 6.07) is 18.1. The first-order valence-electron chi connectivity index (χ1n) is 11.2. The van der Waals surface area contributed by atoms with Crippen LogP contribution in [-0.4, -0.2) is 36.5 Å². The fraction of sp³-hybridized carbons (Fsp3) is 0.148. The molecule has 0 saturated carbocycles. The first kappa shape index (κ1) is 26.6. The topological polar surface area (TPSA) is 135 Å². The molecule has 0 atom stereocenters. The van der Waals surface area contributed by atoms with Crippen LogP contribution in [0.4, 0.5) is 11.4 Å². The van der Waals surface area contributed by atoms with Gasteiger partial charge in [0.15, 0.2) is 11.5 Å². The van der Waals surface area contributed by atoms with Gasteiger partial charge >= 0.3 is 17.8 Å². The molecule has 0 saturated heterocycles. The first-order chi connectivity index (χ1) is 17.7. The van der Waals surface area contributed by atoms with Gasteiger partial charge in [0, 0.05) is 23.9 Å². The van der Waals surface area contributed by atoms with Crippen LogP contribution in [0.1, 0.15) is 35.3 Å². The molecular weight excluding hydrogens is 476 g/mol. The van der Waals surface area contributed by atoms with Gasteiger partial charge in [-0.1, -0.05) is 18.2 Å². The van der Waals surface area contributed by atoms with Crippen LogP contribution < -0.4 is 25.5 Å². The Bertz CT molecular complexity index is 1370. The number of methoxy groups -OCH3 is 1. The molecule has 0 aromatic heterocycles. The maximum absolute atomic E-state index is 12.5. The summed E-state index contributed by atoms with van der Waals surface area (Å²) in [7, 11) is 1.44. The minimum Gasteiger partial charge on any atom is -0.493 e. The summed E-state index contributed by atoms with van der Waals surface area (Å²) in [6.07, 6.45) is 0. The van der Waals surface area contributed by atoms with Crippen LogP contribution in [0.3, 0.4) is 0 Å². The smallest absolute Gasteiger partial charge is 0.343 e. The molecule has 3 N–H and O–H groups in total. The Kier molecular flexibility index (Phi) is 8.71. The Balaban J connectivity index is 1.63. The summed E-state index contributed by atoms with van der Waals surface area (Å²) in [5, 5.41) is 9.02.